The van der Waals surface area contributed by atoms with Crippen LogP contribution in [0, 0.1) is 0 Å². The van der Waals surface area contributed by atoms with Crippen molar-refractivity contribution in [3.8, 4) is 11.5 Å². The zero-order valence-corrected chi connectivity index (χ0v) is 23.5. The lowest BCUT2D eigenvalue weighted by atomic mass is 9.98. The second-order valence-corrected chi connectivity index (χ2v) is 10.3. The van der Waals surface area contributed by atoms with Crippen LogP contribution < -0.4 is 14.4 Å². The minimum atomic E-state index is -0.142. The van der Waals surface area contributed by atoms with Gasteiger partial charge in [-0.3, -0.25) is 9.59 Å². The summed E-state index contributed by atoms with van der Waals surface area (Å²) in [7, 11) is 3.22. The molecule has 41 heavy (non-hydrogen) atoms. The molecule has 212 valence electrons. The third kappa shape index (κ3) is 5.25. The Balaban J connectivity index is 1.30. The number of aromatic nitrogens is 2. The second-order valence-electron chi connectivity index (χ2n) is 10.3. The number of carbonyl (C=O) groups is 2. The van der Waals surface area contributed by atoms with Crippen LogP contribution in [0.2, 0.25) is 0 Å². The van der Waals surface area contributed by atoms with Crippen LogP contribution in [-0.2, 0) is 17.6 Å². The lowest BCUT2D eigenvalue weighted by Gasteiger charge is -2.30. The number of allylic oxidation sites excluding steroid dienone is 3. The molecule has 1 fully saturated rings. The van der Waals surface area contributed by atoms with Gasteiger partial charge >= 0.3 is 0 Å². The van der Waals surface area contributed by atoms with E-state index in [-0.39, 0.29) is 11.8 Å². The van der Waals surface area contributed by atoms with Gasteiger partial charge in [-0.1, -0.05) is 12.2 Å². The summed E-state index contributed by atoms with van der Waals surface area (Å²) in [5, 5.41) is 4.84. The van der Waals surface area contributed by atoms with Crippen LogP contribution in [0.3, 0.4) is 0 Å². The first-order chi connectivity index (χ1) is 20.1. The summed E-state index contributed by atoms with van der Waals surface area (Å²) in [6.07, 6.45) is 9.40. The summed E-state index contributed by atoms with van der Waals surface area (Å²) in [6, 6.07) is 13.3. The first kappa shape index (κ1) is 26.8. The van der Waals surface area contributed by atoms with Gasteiger partial charge in [0.25, 0.3) is 11.8 Å². The molecule has 0 radical (unpaired) electrons. The topological polar surface area (TPSA) is 86.1 Å². The van der Waals surface area contributed by atoms with Crippen molar-refractivity contribution in [1.29, 1.82) is 0 Å². The number of aryl methyl sites for hydroxylation is 2. The molecule has 0 N–H and O–H groups in total. The monoisotopic (exact) mass is 554 g/mol. The second kappa shape index (κ2) is 11.6. The summed E-state index contributed by atoms with van der Waals surface area (Å²) in [5.74, 6) is 1.14. The number of hydrogen-bond donors (Lipinski definition) is 0. The number of hydrogen-bond acceptors (Lipinski definition) is 6. The van der Waals surface area contributed by atoms with Crippen molar-refractivity contribution in [2.45, 2.75) is 25.7 Å². The van der Waals surface area contributed by atoms with E-state index in [0.29, 0.717) is 55.6 Å². The number of anilines is 1. The maximum Gasteiger partial charge on any atom is 0.278 e. The fourth-order valence-electron chi connectivity index (χ4n) is 5.71. The Morgan fingerprint density at radius 1 is 0.902 bits per heavy atom. The number of carbonyl (C=O) groups excluding carboxylic acids is 2. The molecule has 3 aliphatic heterocycles. The molecule has 0 unspecified atom stereocenters. The SMILES string of the molecule is COc1ccc(/C2=C/C=C\CCc3cc(C(=O)N4CCCc5cc(C(=O)N6CCOCC6)ccc54)nn32)cc1OC. The first-order valence-electron chi connectivity index (χ1n) is 14.1. The molecule has 0 bridgehead atoms. The van der Waals surface area contributed by atoms with Gasteiger partial charge in [-0.05, 0) is 79.8 Å². The van der Waals surface area contributed by atoms with E-state index in [1.54, 1.807) is 19.1 Å². The molecule has 3 aliphatic rings. The van der Waals surface area contributed by atoms with Gasteiger partial charge in [-0.15, -0.1) is 0 Å². The van der Waals surface area contributed by atoms with E-state index in [2.05, 4.69) is 6.08 Å². The molecule has 2 amide bonds. The van der Waals surface area contributed by atoms with Gasteiger partial charge in [0, 0.05) is 42.1 Å². The van der Waals surface area contributed by atoms with Gasteiger partial charge in [0.1, 0.15) is 0 Å². The average molecular weight is 555 g/mol. The van der Waals surface area contributed by atoms with Gasteiger partial charge < -0.3 is 24.0 Å². The van der Waals surface area contributed by atoms with Gasteiger partial charge in [0.15, 0.2) is 17.2 Å². The molecule has 3 aromatic rings. The van der Waals surface area contributed by atoms with Crippen molar-refractivity contribution in [3.05, 3.63) is 88.8 Å². The highest BCUT2D eigenvalue weighted by atomic mass is 16.5. The highest BCUT2D eigenvalue weighted by molar-refractivity contribution is 6.06. The van der Waals surface area contributed by atoms with E-state index < -0.39 is 0 Å². The molecular formula is C32H34N4O5. The van der Waals surface area contributed by atoms with E-state index >= 15 is 0 Å². The van der Waals surface area contributed by atoms with Gasteiger partial charge in [0.05, 0.1) is 33.1 Å². The normalized spacial score (nSPS) is 18.7. The number of morpholine rings is 1. The Bertz CT molecular complexity index is 1530. The van der Waals surface area contributed by atoms with Crippen LogP contribution in [0.5, 0.6) is 11.5 Å². The van der Waals surface area contributed by atoms with E-state index in [1.165, 1.54) is 0 Å². The van der Waals surface area contributed by atoms with E-state index in [4.69, 9.17) is 19.3 Å². The third-order valence-corrected chi connectivity index (χ3v) is 7.86. The zero-order chi connectivity index (χ0) is 28.3. The highest BCUT2D eigenvalue weighted by Gasteiger charge is 2.28. The van der Waals surface area contributed by atoms with Crippen LogP contribution >= 0.6 is 0 Å². The lowest BCUT2D eigenvalue weighted by Crippen LogP contribution is -2.41. The van der Waals surface area contributed by atoms with Crippen LogP contribution in [0.4, 0.5) is 5.69 Å². The van der Waals surface area contributed by atoms with Crippen molar-refractivity contribution in [2.75, 3.05) is 52.0 Å². The quantitative estimate of drug-likeness (QED) is 0.466. The predicted octanol–water partition coefficient (Wildman–Crippen LogP) is 4.36. The Kier molecular flexibility index (Phi) is 7.61. The number of amides is 2. The van der Waals surface area contributed by atoms with Crippen LogP contribution in [0.25, 0.3) is 5.70 Å². The van der Waals surface area contributed by atoms with Crippen molar-refractivity contribution in [1.82, 2.24) is 14.7 Å². The Morgan fingerprint density at radius 2 is 1.73 bits per heavy atom. The van der Waals surface area contributed by atoms with Gasteiger partial charge in [-0.2, -0.15) is 5.10 Å². The highest BCUT2D eigenvalue weighted by Crippen LogP contribution is 2.33. The summed E-state index contributed by atoms with van der Waals surface area (Å²) in [5.41, 5.74) is 5.62. The molecule has 9 heteroatoms. The maximum absolute atomic E-state index is 13.9. The smallest absolute Gasteiger partial charge is 0.278 e. The van der Waals surface area contributed by atoms with Crippen LogP contribution in [-0.4, -0.2) is 73.6 Å². The minimum absolute atomic E-state index is 0.0107. The number of ether oxygens (including phenoxy) is 3. The number of rotatable bonds is 5. The summed E-state index contributed by atoms with van der Waals surface area (Å²) < 4.78 is 18.2. The number of methoxy groups -OCH3 is 2. The molecule has 0 saturated carbocycles. The van der Waals surface area contributed by atoms with E-state index in [1.807, 2.05) is 64.2 Å². The fourth-order valence-corrected chi connectivity index (χ4v) is 5.71. The molecule has 9 nitrogen and oxygen atoms in total. The maximum atomic E-state index is 13.9. The average Bonchev–Trinajstić information content (AvgIpc) is 3.42. The molecule has 1 aromatic heterocycles. The summed E-state index contributed by atoms with van der Waals surface area (Å²) >= 11 is 0. The molecule has 4 heterocycles. The van der Waals surface area contributed by atoms with Crippen LogP contribution in [0.1, 0.15) is 50.5 Å². The molecule has 0 aliphatic carbocycles. The van der Waals surface area contributed by atoms with Gasteiger partial charge in [0.2, 0.25) is 0 Å². The molecule has 0 spiro atoms. The Labute approximate surface area is 239 Å². The third-order valence-electron chi connectivity index (χ3n) is 7.86. The van der Waals surface area contributed by atoms with Crippen molar-refractivity contribution < 1.29 is 23.8 Å². The van der Waals surface area contributed by atoms with Crippen molar-refractivity contribution >= 4 is 23.2 Å². The summed E-state index contributed by atoms with van der Waals surface area (Å²) in [6.45, 7) is 2.92. The van der Waals surface area contributed by atoms with E-state index in [9.17, 15) is 9.59 Å². The Hall–Kier alpha value is -4.37. The standard InChI is InChI=1S/C32H34N4O5/c1-39-29-13-11-23(20-30(29)40-2)28-9-5-3-4-8-25-21-26(33-36(25)28)32(38)35-14-6-7-22-19-24(10-12-27(22)35)31(37)34-15-17-41-18-16-34/h3,5,9-13,19-21H,4,6-8,14-18H2,1-2H3/b5-3-,28-9-. The molecule has 0 atom stereocenters. The molecule has 1 saturated heterocycles. The van der Waals surface area contributed by atoms with Crippen LogP contribution in [0.15, 0.2) is 60.7 Å². The predicted molar refractivity (Wildman–Crippen MR) is 156 cm³/mol. The minimum Gasteiger partial charge on any atom is -0.493 e. The zero-order valence-electron chi connectivity index (χ0n) is 23.5. The van der Waals surface area contributed by atoms with Crippen molar-refractivity contribution in [2.24, 2.45) is 0 Å². The first-order valence-corrected chi connectivity index (χ1v) is 14.1. The molecular weight excluding hydrogens is 520 g/mol. The van der Waals surface area contributed by atoms with Crippen molar-refractivity contribution in [3.63, 3.8) is 0 Å². The number of benzene rings is 2. The number of nitrogens with zero attached hydrogens (tertiary/aromatic N) is 4. The summed E-state index contributed by atoms with van der Waals surface area (Å²) in [4.78, 5) is 30.6. The van der Waals surface area contributed by atoms with Gasteiger partial charge in [-0.25, -0.2) is 4.68 Å². The lowest BCUT2D eigenvalue weighted by molar-refractivity contribution is 0.0303. The van der Waals surface area contributed by atoms with E-state index in [0.717, 1.165) is 53.9 Å². The largest absolute Gasteiger partial charge is 0.493 e. The molecule has 2 aromatic carbocycles. The fraction of sp³-hybridized carbons (Fsp3) is 0.344. The Morgan fingerprint density at radius 3 is 2.54 bits per heavy atom. The number of fused-ring (bicyclic) bond motifs is 2. The molecule has 6 rings (SSSR count).